The first kappa shape index (κ1) is 12.6. The van der Waals surface area contributed by atoms with E-state index in [0.717, 1.165) is 18.2 Å². The van der Waals surface area contributed by atoms with E-state index in [-0.39, 0.29) is 11.6 Å². The van der Waals surface area contributed by atoms with Crippen LogP contribution in [0.2, 0.25) is 0 Å². The number of halogens is 4. The van der Waals surface area contributed by atoms with Crippen molar-refractivity contribution >= 4 is 23.2 Å². The maximum atomic E-state index is 12.8. The van der Waals surface area contributed by atoms with Crippen LogP contribution in [-0.2, 0) is 4.79 Å². The summed E-state index contributed by atoms with van der Waals surface area (Å²) in [4.78, 5) is 10.9. The number of nitrogens with one attached hydrogen (secondary N) is 1. The molecule has 88 valence electrons. The van der Waals surface area contributed by atoms with Crippen LogP contribution in [0.4, 0.5) is 18.9 Å². The highest BCUT2D eigenvalue weighted by Gasteiger charge is 2.12. The largest absolute Gasteiger partial charge is 0.432 e. The zero-order valence-corrected chi connectivity index (χ0v) is 8.60. The van der Waals surface area contributed by atoms with Crippen LogP contribution in [0, 0.1) is 5.82 Å². The van der Waals surface area contributed by atoms with E-state index in [2.05, 4.69) is 10.1 Å². The summed E-state index contributed by atoms with van der Waals surface area (Å²) in [6.45, 7) is -3.10. The molecule has 0 bridgehead atoms. The second-order valence-electron chi connectivity index (χ2n) is 2.70. The number of hydrogen-bond acceptors (Lipinski definition) is 2. The van der Waals surface area contributed by atoms with Gasteiger partial charge in [-0.05, 0) is 12.1 Å². The maximum Gasteiger partial charge on any atom is 0.387 e. The predicted octanol–water partition coefficient (Wildman–Crippen LogP) is 2.60. The average molecular weight is 254 g/mol. The molecule has 0 aliphatic heterocycles. The normalized spacial score (nSPS) is 10.3. The lowest BCUT2D eigenvalue weighted by Crippen LogP contribution is -2.14. The fraction of sp³-hybridized carbons (Fsp3) is 0.222. The Labute approximate surface area is 94.2 Å². The van der Waals surface area contributed by atoms with Gasteiger partial charge in [-0.15, -0.1) is 11.6 Å². The van der Waals surface area contributed by atoms with Gasteiger partial charge in [0.1, 0.15) is 11.7 Å². The van der Waals surface area contributed by atoms with Gasteiger partial charge < -0.3 is 10.1 Å². The predicted molar refractivity (Wildman–Crippen MR) is 52.4 cm³/mol. The van der Waals surface area contributed by atoms with Crippen LogP contribution < -0.4 is 10.1 Å². The highest BCUT2D eigenvalue weighted by molar-refractivity contribution is 6.29. The second kappa shape index (κ2) is 5.60. The van der Waals surface area contributed by atoms with E-state index >= 15 is 0 Å². The SMILES string of the molecule is O=C(CCl)Nc1ccc(F)cc1OC(F)F. The zero-order chi connectivity index (χ0) is 12.1. The number of alkyl halides is 3. The minimum Gasteiger partial charge on any atom is -0.432 e. The lowest BCUT2D eigenvalue weighted by atomic mass is 10.3. The summed E-state index contributed by atoms with van der Waals surface area (Å²) in [6, 6.07) is 2.86. The number of carbonyl (C=O) groups is 1. The first-order valence-electron chi connectivity index (χ1n) is 4.13. The molecule has 7 heteroatoms. The molecule has 0 unspecified atom stereocenters. The van der Waals surface area contributed by atoms with Gasteiger partial charge in [-0.25, -0.2) is 4.39 Å². The number of hydrogen-bond donors (Lipinski definition) is 1. The molecule has 0 radical (unpaired) electrons. The minimum absolute atomic E-state index is 0.0626. The molecule has 0 saturated heterocycles. The van der Waals surface area contributed by atoms with E-state index in [1.165, 1.54) is 0 Å². The van der Waals surface area contributed by atoms with Crippen LogP contribution in [0.3, 0.4) is 0 Å². The van der Waals surface area contributed by atoms with Crippen LogP contribution in [0.1, 0.15) is 0 Å². The summed E-state index contributed by atoms with van der Waals surface area (Å²) in [7, 11) is 0. The van der Waals surface area contributed by atoms with Crippen molar-refractivity contribution in [1.29, 1.82) is 0 Å². The number of carbonyl (C=O) groups excluding carboxylic acids is 1. The molecule has 1 rings (SSSR count). The Morgan fingerprint density at radius 3 is 2.75 bits per heavy atom. The molecule has 0 saturated carbocycles. The third-order valence-electron chi connectivity index (χ3n) is 1.56. The lowest BCUT2D eigenvalue weighted by molar-refractivity contribution is -0.114. The Balaban J connectivity index is 2.93. The van der Waals surface area contributed by atoms with E-state index in [1.807, 2.05) is 0 Å². The minimum atomic E-state index is -3.10. The van der Waals surface area contributed by atoms with Crippen LogP contribution in [0.25, 0.3) is 0 Å². The van der Waals surface area contributed by atoms with E-state index in [9.17, 15) is 18.0 Å². The van der Waals surface area contributed by atoms with Crippen LogP contribution >= 0.6 is 11.6 Å². The molecule has 3 nitrogen and oxygen atoms in total. The first-order valence-corrected chi connectivity index (χ1v) is 4.66. The van der Waals surface area contributed by atoms with Crippen molar-refractivity contribution in [2.24, 2.45) is 0 Å². The monoisotopic (exact) mass is 253 g/mol. The summed E-state index contributed by atoms with van der Waals surface area (Å²) in [5, 5.41) is 2.20. The van der Waals surface area contributed by atoms with Gasteiger partial charge in [0, 0.05) is 6.07 Å². The number of ether oxygens (including phenoxy) is 1. The van der Waals surface area contributed by atoms with Gasteiger partial charge >= 0.3 is 6.61 Å². The van der Waals surface area contributed by atoms with Gasteiger partial charge in [0.2, 0.25) is 5.91 Å². The summed E-state index contributed by atoms with van der Waals surface area (Å²) in [5.41, 5.74) is -0.0626. The van der Waals surface area contributed by atoms with Gasteiger partial charge in [-0.1, -0.05) is 0 Å². The smallest absolute Gasteiger partial charge is 0.387 e. The molecule has 0 heterocycles. The van der Waals surface area contributed by atoms with Crippen molar-refractivity contribution in [3.05, 3.63) is 24.0 Å². The van der Waals surface area contributed by atoms with Gasteiger partial charge in [0.25, 0.3) is 0 Å². The van der Waals surface area contributed by atoms with Crippen molar-refractivity contribution in [2.75, 3.05) is 11.2 Å². The number of amides is 1. The fourth-order valence-electron chi connectivity index (χ4n) is 0.977. The molecule has 0 aliphatic carbocycles. The van der Waals surface area contributed by atoms with Gasteiger partial charge in [-0.3, -0.25) is 4.79 Å². The lowest BCUT2D eigenvalue weighted by Gasteiger charge is -2.11. The molecule has 1 N–H and O–H groups in total. The summed E-state index contributed by atoms with van der Waals surface area (Å²) in [6.07, 6.45) is 0. The first-order chi connectivity index (χ1) is 7.52. The quantitative estimate of drug-likeness (QED) is 0.838. The molecule has 0 fully saturated rings. The molecular formula is C9H7ClF3NO2. The van der Waals surface area contributed by atoms with E-state index in [0.29, 0.717) is 0 Å². The Morgan fingerprint density at radius 1 is 1.50 bits per heavy atom. The number of rotatable bonds is 4. The molecule has 0 aromatic heterocycles. The Bertz CT molecular complexity index is 387. The zero-order valence-electron chi connectivity index (χ0n) is 7.84. The van der Waals surface area contributed by atoms with Gasteiger partial charge in [0.15, 0.2) is 5.75 Å². The molecule has 1 aromatic carbocycles. The van der Waals surface area contributed by atoms with E-state index in [1.54, 1.807) is 0 Å². The van der Waals surface area contributed by atoms with Crippen molar-refractivity contribution in [3.8, 4) is 5.75 Å². The fourth-order valence-corrected chi connectivity index (χ4v) is 1.04. The van der Waals surface area contributed by atoms with Crippen molar-refractivity contribution in [3.63, 3.8) is 0 Å². The highest BCUT2D eigenvalue weighted by atomic mass is 35.5. The molecule has 0 atom stereocenters. The summed E-state index contributed by atoms with van der Waals surface area (Å²) in [5.74, 6) is -2.15. The molecule has 1 amide bonds. The third-order valence-corrected chi connectivity index (χ3v) is 1.80. The van der Waals surface area contributed by atoms with Crippen LogP contribution in [0.5, 0.6) is 5.75 Å². The molecular weight excluding hydrogens is 247 g/mol. The molecule has 16 heavy (non-hydrogen) atoms. The van der Waals surface area contributed by atoms with E-state index < -0.39 is 24.1 Å². The standard InChI is InChI=1S/C9H7ClF3NO2/c10-4-8(15)14-6-2-1-5(11)3-7(6)16-9(12)13/h1-3,9H,4H2,(H,14,15). The third kappa shape index (κ3) is 3.62. The van der Waals surface area contributed by atoms with Crippen molar-refractivity contribution in [1.82, 2.24) is 0 Å². The number of anilines is 1. The van der Waals surface area contributed by atoms with E-state index in [4.69, 9.17) is 11.6 Å². The van der Waals surface area contributed by atoms with Crippen LogP contribution in [-0.4, -0.2) is 18.4 Å². The molecule has 1 aromatic rings. The summed E-state index contributed by atoms with van der Waals surface area (Å²) >= 11 is 5.22. The topological polar surface area (TPSA) is 38.3 Å². The molecule has 0 spiro atoms. The molecule has 0 aliphatic rings. The average Bonchev–Trinajstić information content (AvgIpc) is 2.21. The summed E-state index contributed by atoms with van der Waals surface area (Å²) < 4.78 is 40.7. The Kier molecular flexibility index (Phi) is 4.42. The Morgan fingerprint density at radius 2 is 2.19 bits per heavy atom. The van der Waals surface area contributed by atoms with Crippen molar-refractivity contribution in [2.45, 2.75) is 6.61 Å². The second-order valence-corrected chi connectivity index (χ2v) is 2.97. The maximum absolute atomic E-state index is 12.8. The van der Waals surface area contributed by atoms with Crippen LogP contribution in [0.15, 0.2) is 18.2 Å². The van der Waals surface area contributed by atoms with Gasteiger partial charge in [0.05, 0.1) is 5.69 Å². The Hall–Kier alpha value is -1.43. The van der Waals surface area contributed by atoms with Crippen molar-refractivity contribution < 1.29 is 22.7 Å². The highest BCUT2D eigenvalue weighted by Crippen LogP contribution is 2.26. The van der Waals surface area contributed by atoms with Gasteiger partial charge in [-0.2, -0.15) is 8.78 Å². The number of benzene rings is 1.